The number of primary amides is 1. The number of nitrogens with two attached hydrogens (primary N) is 2. The highest BCUT2D eigenvalue weighted by Crippen LogP contribution is 2.41. The number of anilines is 8. The van der Waals surface area contributed by atoms with Crippen LogP contribution in [0.25, 0.3) is 0 Å². The fourth-order valence-electron chi connectivity index (χ4n) is 10.1. The number of carbonyl (C=O) groups excluding carboxylic acids is 8. The van der Waals surface area contributed by atoms with Gasteiger partial charge in [-0.25, -0.2) is 10.7 Å². The minimum absolute atomic E-state index is 0.00180. The lowest BCUT2D eigenvalue weighted by molar-refractivity contribution is -0.140. The highest BCUT2D eigenvalue weighted by molar-refractivity contribution is 7.86. The van der Waals surface area contributed by atoms with Crippen molar-refractivity contribution >= 4 is 123 Å². The van der Waals surface area contributed by atoms with Gasteiger partial charge in [0, 0.05) is 89.9 Å². The van der Waals surface area contributed by atoms with Crippen LogP contribution in [0.2, 0.25) is 0 Å². The fourth-order valence-corrected chi connectivity index (χ4v) is 12.0. The predicted molar refractivity (Wildman–Crippen MR) is 354 cm³/mol. The van der Waals surface area contributed by atoms with E-state index in [2.05, 4.69) is 56.8 Å². The molecule has 0 saturated carbocycles. The molecule has 98 heavy (non-hydrogen) atoms. The van der Waals surface area contributed by atoms with Gasteiger partial charge in [-0.1, -0.05) is 64.4 Å². The summed E-state index contributed by atoms with van der Waals surface area (Å²) < 4.78 is 116. The van der Waals surface area contributed by atoms with Crippen molar-refractivity contribution in [3.8, 4) is 0 Å². The molecule has 33 nitrogen and oxygen atoms in total. The summed E-state index contributed by atoms with van der Waals surface area (Å²) >= 11 is 0. The van der Waals surface area contributed by atoms with Gasteiger partial charge >= 0.3 is 0 Å². The number of aromatic amines is 1. The van der Waals surface area contributed by atoms with Gasteiger partial charge in [-0.05, 0) is 69.2 Å². The summed E-state index contributed by atoms with van der Waals surface area (Å²) in [5, 5.41) is 16.3. The van der Waals surface area contributed by atoms with Crippen molar-refractivity contribution in [3.05, 3.63) is 113 Å². The molecule has 15 N–H and O–H groups in total. The number of hydrogen-bond donors (Lipinski definition) is 12. The van der Waals surface area contributed by atoms with Crippen molar-refractivity contribution in [3.63, 3.8) is 0 Å². The second kappa shape index (κ2) is 31.3. The number of nitrogen functional groups attached to an aromatic ring is 1. The minimum Gasteiger partial charge on any atom is -0.397 e. The molecule has 1 aliphatic carbocycles. The third-order valence-corrected chi connectivity index (χ3v) is 18.3. The first-order chi connectivity index (χ1) is 45.7. The number of rotatable bonds is 37. The number of ether oxygens (including phenoxy) is 2. The van der Waals surface area contributed by atoms with Crippen LogP contribution in [0.3, 0.4) is 0 Å². The van der Waals surface area contributed by atoms with Crippen molar-refractivity contribution in [1.82, 2.24) is 41.3 Å². The number of nitrogens with zero attached hydrogens (tertiary/aromatic N) is 4. The second-order valence-electron chi connectivity index (χ2n) is 24.7. The van der Waals surface area contributed by atoms with Crippen molar-refractivity contribution in [2.45, 2.75) is 113 Å². The van der Waals surface area contributed by atoms with Crippen molar-refractivity contribution in [2.75, 3.05) is 66.5 Å². The van der Waals surface area contributed by atoms with E-state index in [9.17, 15) is 77.3 Å². The number of ketones is 5. The lowest BCUT2D eigenvalue weighted by Gasteiger charge is -2.33. The Morgan fingerprint density at radius 1 is 0.653 bits per heavy atom. The van der Waals surface area contributed by atoms with Crippen molar-refractivity contribution < 1.29 is 86.7 Å². The molecule has 6 aromatic rings. The number of hydrogen-bond acceptors (Lipinski definition) is 25. The van der Waals surface area contributed by atoms with Crippen LogP contribution in [0, 0.1) is 16.7 Å². The van der Waals surface area contributed by atoms with Crippen LogP contribution in [-0.4, -0.2) is 162 Å². The summed E-state index contributed by atoms with van der Waals surface area (Å²) in [6.45, 7) is 9.10. The van der Waals surface area contributed by atoms with Crippen molar-refractivity contribution in [2.24, 2.45) is 22.5 Å². The SMILES string of the molecule is CC(C)(CC(=O)C(C)(C)CC(=O)C(C)(C)NC(=O)[C@@H]([NH])Cc1cnc[nH]1)C(=O)C[C@@H](CCCCNC(=O)COCCOCCNc1nc(Nc2cccc(S(=O)(=O)O)c2)nc(Nc2ccc(Nc3cc(S(=O)(=O)O)c(N)c4c3C(=O)c3ccccc3C4=O)cc2S(=O)(=O)O)n1)C(N)=O. The Hall–Kier alpha value is -9.53. The van der Waals surface area contributed by atoms with Crippen molar-refractivity contribution in [1.29, 1.82) is 0 Å². The van der Waals surface area contributed by atoms with E-state index in [0.717, 1.165) is 30.3 Å². The van der Waals surface area contributed by atoms with Gasteiger partial charge in [0.1, 0.15) is 34.0 Å². The summed E-state index contributed by atoms with van der Waals surface area (Å²) in [4.78, 5) is 123. The van der Waals surface area contributed by atoms with Crippen LogP contribution >= 0.6 is 0 Å². The number of H-pyrrole nitrogens is 1. The topological polar surface area (TPSA) is 533 Å². The standard InChI is InChI=1S/C62H75N14O19S3/c1-60(2,29-47(78)61(3,4)30-48(79)62(5,6)76-56(84)41(63)26-37-31-66-33-69-37)46(77)24-34(55(65)83)12-9-10-19-67-49(80)32-95-23-22-94-21-20-68-57-73-58(71-35-13-11-14-38(25-35)96(85,86)87)75-59(74-57)72-42-18-17-36(27-44(42)97(88,89)90)70-43-28-45(98(91,92)93)52(64)51-50(43)53(81)39-15-7-8-16-40(39)54(51)82/h7-8,11,13-18,25,27-28,31,33-34,41,63,70H,9-10,12,19-24,26,29-30,32,64H2,1-6H3,(H2,65,83)(H,66,69)(H,67,80)(H,76,84)(H,85,86,87)(H,88,89,90)(H,91,92,93)(H3,68,71,72,73,74,75)/t34-,41+/m1/s1. The molecule has 0 aliphatic heterocycles. The predicted octanol–water partition coefficient (Wildman–Crippen LogP) is 4.48. The van der Waals surface area contributed by atoms with Gasteiger partial charge in [-0.3, -0.25) is 52.0 Å². The third-order valence-electron chi connectivity index (χ3n) is 15.7. The molecule has 0 bridgehead atoms. The Kier molecular flexibility index (Phi) is 24.3. The number of aromatic nitrogens is 5. The maximum Gasteiger partial charge on any atom is 0.296 e. The Labute approximate surface area is 563 Å². The quantitative estimate of drug-likeness (QED) is 0.0145. The van der Waals surface area contributed by atoms with Crippen LogP contribution in [0.4, 0.5) is 46.3 Å². The number of fused-ring (bicyclic) bond motifs is 2. The van der Waals surface area contributed by atoms with Gasteiger partial charge in [-0.15, -0.1) is 0 Å². The molecule has 0 unspecified atom stereocenters. The highest BCUT2D eigenvalue weighted by Gasteiger charge is 2.42. The Morgan fingerprint density at radius 3 is 1.90 bits per heavy atom. The highest BCUT2D eigenvalue weighted by atomic mass is 32.2. The van der Waals surface area contributed by atoms with Crippen LogP contribution < -0.4 is 49.1 Å². The smallest absolute Gasteiger partial charge is 0.296 e. The fraction of sp³-hybridized carbons (Fsp3) is 0.387. The first kappa shape index (κ1) is 75.8. The summed E-state index contributed by atoms with van der Waals surface area (Å²) in [7, 11) is -15.0. The molecule has 36 heteroatoms. The van der Waals surface area contributed by atoms with Gasteiger partial charge in [0.2, 0.25) is 35.6 Å². The summed E-state index contributed by atoms with van der Waals surface area (Å²) in [5.74, 6) is -6.40. The lowest BCUT2D eigenvalue weighted by Crippen LogP contribution is -2.54. The van der Waals surface area contributed by atoms with Crippen LogP contribution in [0.1, 0.15) is 118 Å². The maximum absolute atomic E-state index is 13.9. The number of imidazole rings is 1. The molecule has 0 spiro atoms. The first-order valence-corrected chi connectivity index (χ1v) is 34.5. The second-order valence-corrected chi connectivity index (χ2v) is 28.9. The largest absolute Gasteiger partial charge is 0.397 e. The first-order valence-electron chi connectivity index (χ1n) is 30.2. The van der Waals surface area contributed by atoms with E-state index in [1.165, 1.54) is 68.8 Å². The Morgan fingerprint density at radius 2 is 1.27 bits per heavy atom. The molecule has 3 amide bonds. The monoisotopic (exact) mass is 1420 g/mol. The zero-order valence-electron chi connectivity index (χ0n) is 54.0. The van der Waals surface area contributed by atoms with E-state index < -0.39 is 131 Å². The Balaban J connectivity index is 0.885. The average molecular weight is 1420 g/mol. The molecule has 0 fully saturated rings. The molecular formula is C62H75N14O19S3. The van der Waals surface area contributed by atoms with Crippen LogP contribution in [0.5, 0.6) is 0 Å². The average Bonchev–Trinajstić information content (AvgIpc) is 0.757. The zero-order valence-corrected chi connectivity index (χ0v) is 56.4. The third kappa shape index (κ3) is 20.1. The van der Waals surface area contributed by atoms with E-state index in [0.29, 0.717) is 18.5 Å². The lowest BCUT2D eigenvalue weighted by atomic mass is 9.71. The van der Waals surface area contributed by atoms with Crippen LogP contribution in [-0.2, 0) is 75.0 Å². The molecule has 4 aromatic carbocycles. The number of benzene rings is 4. The van der Waals surface area contributed by atoms with Gasteiger partial charge in [0.05, 0.1) is 64.8 Å². The van der Waals surface area contributed by atoms with E-state index in [-0.39, 0.29) is 129 Å². The number of nitrogens with one attached hydrogen (secondary N) is 8. The number of unbranched alkanes of at least 4 members (excludes halogenated alkanes) is 1. The molecular weight excluding hydrogens is 1340 g/mol. The molecule has 1 aliphatic rings. The molecule has 2 atom stereocenters. The number of Topliss-reactive ketones (excluding diaryl/α,β-unsaturated/α-hetero) is 3. The Bertz CT molecular complexity index is 4410. The van der Waals surface area contributed by atoms with Gasteiger partial charge < -0.3 is 57.8 Å². The maximum atomic E-state index is 13.9. The van der Waals surface area contributed by atoms with Crippen LogP contribution in [0.15, 0.2) is 100 Å². The van der Waals surface area contributed by atoms with Gasteiger partial charge in [-0.2, -0.15) is 40.2 Å². The summed E-state index contributed by atoms with van der Waals surface area (Å²) in [6, 6.07) is 13.3. The zero-order chi connectivity index (χ0) is 72.3. The summed E-state index contributed by atoms with van der Waals surface area (Å²) in [6.07, 6.45) is 3.24. The molecule has 525 valence electrons. The molecule has 2 heterocycles. The number of amides is 3. The normalized spacial score (nSPS) is 13.3. The van der Waals surface area contributed by atoms with Gasteiger partial charge in [0.15, 0.2) is 17.3 Å². The molecule has 7 rings (SSSR count). The van der Waals surface area contributed by atoms with Gasteiger partial charge in [0.25, 0.3) is 30.4 Å². The molecule has 0 saturated heterocycles. The molecule has 2 aromatic heterocycles. The van der Waals surface area contributed by atoms with E-state index in [4.69, 9.17) is 26.7 Å². The van der Waals surface area contributed by atoms with E-state index in [1.54, 1.807) is 27.7 Å². The molecule has 1 radical (unpaired) electrons. The number of carbonyl (C=O) groups is 8. The van der Waals surface area contributed by atoms with E-state index >= 15 is 0 Å². The summed E-state index contributed by atoms with van der Waals surface area (Å²) in [5.41, 5.74) is 13.9. The van der Waals surface area contributed by atoms with E-state index in [1.807, 2.05) is 0 Å². The minimum atomic E-state index is -5.19.